The summed E-state index contributed by atoms with van der Waals surface area (Å²) in [6.45, 7) is 0. The maximum Gasteiger partial charge on any atom is 0.178 e. The highest BCUT2D eigenvalue weighted by Gasteiger charge is 2.13. The molecule has 0 amide bonds. The van der Waals surface area contributed by atoms with Crippen molar-refractivity contribution in [1.29, 1.82) is 0 Å². The quantitative estimate of drug-likeness (QED) is 0.712. The van der Waals surface area contributed by atoms with Crippen molar-refractivity contribution in [2.24, 2.45) is 0 Å². The lowest BCUT2D eigenvalue weighted by molar-refractivity contribution is 0.474. The summed E-state index contributed by atoms with van der Waals surface area (Å²) >= 11 is 3.42. The van der Waals surface area contributed by atoms with Gasteiger partial charge in [-0.05, 0) is 33.6 Å². The van der Waals surface area contributed by atoms with Gasteiger partial charge in [-0.25, -0.2) is 0 Å². The van der Waals surface area contributed by atoms with Crippen LogP contribution in [0.1, 0.15) is 0 Å². The molecule has 1 heterocycles. The SMILES string of the molecule is Oc1ccc2c(-c3ccccc3)c(Br)oc2c1. The van der Waals surface area contributed by atoms with Crippen LogP contribution in [0.3, 0.4) is 0 Å². The van der Waals surface area contributed by atoms with Gasteiger partial charge >= 0.3 is 0 Å². The van der Waals surface area contributed by atoms with Gasteiger partial charge in [0.25, 0.3) is 0 Å². The zero-order valence-electron chi connectivity index (χ0n) is 8.85. The minimum atomic E-state index is 0.207. The molecule has 3 aromatic rings. The number of halogens is 1. The molecule has 0 fully saturated rings. The Morgan fingerprint density at radius 2 is 1.76 bits per heavy atom. The third kappa shape index (κ3) is 1.72. The standard InChI is InChI=1S/C14H9BrO2/c15-14-13(9-4-2-1-3-5-9)11-7-6-10(16)8-12(11)17-14/h1-8,16H. The van der Waals surface area contributed by atoms with Gasteiger partial charge in [-0.15, -0.1) is 0 Å². The number of fused-ring (bicyclic) bond motifs is 1. The van der Waals surface area contributed by atoms with E-state index in [2.05, 4.69) is 15.9 Å². The molecule has 3 rings (SSSR count). The fourth-order valence-corrected chi connectivity index (χ4v) is 2.55. The van der Waals surface area contributed by atoms with Crippen LogP contribution in [-0.4, -0.2) is 5.11 Å². The lowest BCUT2D eigenvalue weighted by atomic mass is 10.1. The van der Waals surface area contributed by atoms with E-state index in [4.69, 9.17) is 4.42 Å². The summed E-state index contributed by atoms with van der Waals surface area (Å²) in [6, 6.07) is 15.2. The molecule has 0 saturated carbocycles. The molecule has 1 aromatic heterocycles. The van der Waals surface area contributed by atoms with Crippen LogP contribution in [0.5, 0.6) is 5.75 Å². The highest BCUT2D eigenvalue weighted by Crippen LogP contribution is 2.39. The zero-order valence-corrected chi connectivity index (χ0v) is 10.4. The Hall–Kier alpha value is -1.74. The Labute approximate surface area is 107 Å². The van der Waals surface area contributed by atoms with Crippen molar-refractivity contribution in [1.82, 2.24) is 0 Å². The second-order valence-corrected chi connectivity index (χ2v) is 4.52. The van der Waals surface area contributed by atoms with Gasteiger partial charge in [-0.2, -0.15) is 0 Å². The fourth-order valence-electron chi connectivity index (χ4n) is 1.93. The number of rotatable bonds is 1. The van der Waals surface area contributed by atoms with Crippen molar-refractivity contribution >= 4 is 26.9 Å². The second-order valence-electron chi connectivity index (χ2n) is 3.80. The van der Waals surface area contributed by atoms with E-state index < -0.39 is 0 Å². The molecule has 84 valence electrons. The maximum atomic E-state index is 9.43. The molecule has 0 saturated heterocycles. The van der Waals surface area contributed by atoms with Gasteiger partial charge < -0.3 is 9.52 Å². The highest BCUT2D eigenvalue weighted by atomic mass is 79.9. The lowest BCUT2D eigenvalue weighted by Crippen LogP contribution is -1.75. The van der Waals surface area contributed by atoms with Crippen LogP contribution in [0, 0.1) is 0 Å². The number of hydrogen-bond acceptors (Lipinski definition) is 2. The van der Waals surface area contributed by atoms with Crippen LogP contribution in [0.25, 0.3) is 22.1 Å². The van der Waals surface area contributed by atoms with Crippen LogP contribution in [0.2, 0.25) is 0 Å². The highest BCUT2D eigenvalue weighted by molar-refractivity contribution is 9.10. The van der Waals surface area contributed by atoms with Gasteiger partial charge in [-0.3, -0.25) is 0 Å². The van der Waals surface area contributed by atoms with E-state index in [1.165, 1.54) is 0 Å². The normalized spacial score (nSPS) is 10.9. The molecule has 0 atom stereocenters. The average molecular weight is 289 g/mol. The first kappa shape index (κ1) is 10.4. The summed E-state index contributed by atoms with van der Waals surface area (Å²) in [5, 5.41) is 10.4. The summed E-state index contributed by atoms with van der Waals surface area (Å²) in [7, 11) is 0. The topological polar surface area (TPSA) is 33.4 Å². The van der Waals surface area contributed by atoms with Gasteiger partial charge in [0.15, 0.2) is 4.67 Å². The predicted octanol–water partition coefficient (Wildman–Crippen LogP) is 4.57. The van der Waals surface area contributed by atoms with Gasteiger partial charge in [0.05, 0.1) is 0 Å². The number of furan rings is 1. The molecule has 0 radical (unpaired) electrons. The maximum absolute atomic E-state index is 9.43. The Kier molecular flexibility index (Phi) is 2.41. The molecule has 2 nitrogen and oxygen atoms in total. The van der Waals surface area contributed by atoms with E-state index in [9.17, 15) is 5.11 Å². The second kappa shape index (κ2) is 3.93. The summed E-state index contributed by atoms with van der Waals surface area (Å²) in [5.74, 6) is 0.207. The Morgan fingerprint density at radius 3 is 2.53 bits per heavy atom. The molecular formula is C14H9BrO2. The minimum absolute atomic E-state index is 0.207. The van der Waals surface area contributed by atoms with E-state index in [0.29, 0.717) is 10.3 Å². The van der Waals surface area contributed by atoms with E-state index in [1.54, 1.807) is 12.1 Å². The molecule has 0 spiro atoms. The summed E-state index contributed by atoms with van der Waals surface area (Å²) in [4.78, 5) is 0. The lowest BCUT2D eigenvalue weighted by Gasteiger charge is -1.98. The summed E-state index contributed by atoms with van der Waals surface area (Å²) in [5.41, 5.74) is 2.78. The van der Waals surface area contributed by atoms with Gasteiger partial charge in [0.1, 0.15) is 11.3 Å². The average Bonchev–Trinajstić information content (AvgIpc) is 2.65. The molecule has 3 heteroatoms. The molecular weight excluding hydrogens is 280 g/mol. The number of phenols is 1. The molecule has 17 heavy (non-hydrogen) atoms. The van der Waals surface area contributed by atoms with E-state index >= 15 is 0 Å². The third-order valence-electron chi connectivity index (χ3n) is 2.69. The zero-order chi connectivity index (χ0) is 11.8. The number of aromatic hydroxyl groups is 1. The molecule has 0 aliphatic heterocycles. The first-order valence-electron chi connectivity index (χ1n) is 5.22. The largest absolute Gasteiger partial charge is 0.508 e. The van der Waals surface area contributed by atoms with Gasteiger partial charge in [-0.1, -0.05) is 30.3 Å². The van der Waals surface area contributed by atoms with Gasteiger partial charge in [0.2, 0.25) is 0 Å². The molecule has 1 N–H and O–H groups in total. The van der Waals surface area contributed by atoms with Gasteiger partial charge in [0, 0.05) is 17.0 Å². The molecule has 2 aromatic carbocycles. The first-order valence-corrected chi connectivity index (χ1v) is 6.01. The smallest absolute Gasteiger partial charge is 0.178 e. The minimum Gasteiger partial charge on any atom is -0.508 e. The van der Waals surface area contributed by atoms with E-state index in [1.807, 2.05) is 36.4 Å². The first-order chi connectivity index (χ1) is 8.25. The van der Waals surface area contributed by atoms with Crippen LogP contribution in [0.4, 0.5) is 0 Å². The molecule has 0 aliphatic carbocycles. The van der Waals surface area contributed by atoms with Crippen LogP contribution in [0.15, 0.2) is 57.6 Å². The van der Waals surface area contributed by atoms with Crippen molar-refractivity contribution in [3.05, 3.63) is 53.2 Å². The van der Waals surface area contributed by atoms with Crippen LogP contribution in [-0.2, 0) is 0 Å². The van der Waals surface area contributed by atoms with Crippen LogP contribution < -0.4 is 0 Å². The Bertz CT molecular complexity index is 671. The molecule has 0 bridgehead atoms. The molecule has 0 unspecified atom stereocenters. The van der Waals surface area contributed by atoms with Crippen LogP contribution >= 0.6 is 15.9 Å². The van der Waals surface area contributed by atoms with Crippen molar-refractivity contribution in [2.45, 2.75) is 0 Å². The molecule has 0 aliphatic rings. The number of benzene rings is 2. The number of phenolic OH excluding ortho intramolecular Hbond substituents is 1. The van der Waals surface area contributed by atoms with Crippen molar-refractivity contribution in [2.75, 3.05) is 0 Å². The van der Waals surface area contributed by atoms with Crippen molar-refractivity contribution in [3.8, 4) is 16.9 Å². The Balaban J connectivity index is 2.33. The van der Waals surface area contributed by atoms with Crippen molar-refractivity contribution in [3.63, 3.8) is 0 Å². The van der Waals surface area contributed by atoms with E-state index in [0.717, 1.165) is 16.5 Å². The monoisotopic (exact) mass is 288 g/mol. The van der Waals surface area contributed by atoms with E-state index in [-0.39, 0.29) is 5.75 Å². The Morgan fingerprint density at radius 1 is 1.00 bits per heavy atom. The summed E-state index contributed by atoms with van der Waals surface area (Å²) in [6.07, 6.45) is 0. The fraction of sp³-hybridized carbons (Fsp3) is 0. The summed E-state index contributed by atoms with van der Waals surface area (Å²) < 4.78 is 6.28. The van der Waals surface area contributed by atoms with Crippen molar-refractivity contribution < 1.29 is 9.52 Å². The third-order valence-corrected chi connectivity index (χ3v) is 3.25. The number of hydrogen-bond donors (Lipinski definition) is 1. The predicted molar refractivity (Wildman–Crippen MR) is 71.0 cm³/mol.